The molecule has 1 unspecified atom stereocenters. The Balaban J connectivity index is 1.84. The van der Waals surface area contributed by atoms with E-state index in [-0.39, 0.29) is 11.3 Å². The Morgan fingerprint density at radius 1 is 0.972 bits per heavy atom. The number of aliphatic hydroxyl groups excluding tert-OH is 1. The number of Topliss-reactive ketones (excluding diaryl/α,β-unsaturated/α-hetero) is 1. The molecule has 0 radical (unpaired) electrons. The summed E-state index contributed by atoms with van der Waals surface area (Å²) in [6, 6.07) is 18.2. The first-order chi connectivity index (χ1) is 17.3. The van der Waals surface area contributed by atoms with Crippen LogP contribution in [0.25, 0.3) is 5.76 Å². The number of carbonyl (C=O) groups excluding carboxylic acids is 2. The number of benzene rings is 3. The highest BCUT2D eigenvalue weighted by atomic mass is 35.5. The van der Waals surface area contributed by atoms with Crippen LogP contribution in [0.3, 0.4) is 0 Å². The molecular weight excluding hydrogens is 478 g/mol. The summed E-state index contributed by atoms with van der Waals surface area (Å²) in [4.78, 5) is 28.0. The van der Waals surface area contributed by atoms with Crippen LogP contribution in [0, 0.1) is 6.92 Å². The van der Waals surface area contributed by atoms with E-state index in [4.69, 9.17) is 21.1 Å². The summed E-state index contributed by atoms with van der Waals surface area (Å²) >= 11 is 6.10. The van der Waals surface area contributed by atoms with Crippen molar-refractivity contribution in [2.45, 2.75) is 33.2 Å². The van der Waals surface area contributed by atoms with Gasteiger partial charge in [-0.3, -0.25) is 14.5 Å². The lowest BCUT2D eigenvalue weighted by molar-refractivity contribution is -0.132. The number of anilines is 1. The van der Waals surface area contributed by atoms with Gasteiger partial charge in [0.1, 0.15) is 17.3 Å². The molecule has 4 rings (SSSR count). The number of hydrogen-bond donors (Lipinski definition) is 1. The molecule has 1 fully saturated rings. The van der Waals surface area contributed by atoms with Gasteiger partial charge >= 0.3 is 0 Å². The van der Waals surface area contributed by atoms with Crippen LogP contribution in [0.1, 0.15) is 43.0 Å². The summed E-state index contributed by atoms with van der Waals surface area (Å²) in [5.41, 5.74) is 2.42. The zero-order valence-electron chi connectivity index (χ0n) is 20.5. The molecular formula is C29H28ClNO5. The maximum atomic E-state index is 13.3. The maximum Gasteiger partial charge on any atom is 0.300 e. The minimum Gasteiger partial charge on any atom is -0.507 e. The Kier molecular flexibility index (Phi) is 7.65. The number of aryl methyl sites for hydroxylation is 1. The molecule has 0 spiro atoms. The normalized spacial score (nSPS) is 16.9. The van der Waals surface area contributed by atoms with Gasteiger partial charge in [0.25, 0.3) is 11.7 Å². The molecule has 3 aromatic carbocycles. The van der Waals surface area contributed by atoms with E-state index in [0.717, 1.165) is 12.0 Å². The highest BCUT2D eigenvalue weighted by molar-refractivity contribution is 6.51. The van der Waals surface area contributed by atoms with Crippen LogP contribution in [-0.4, -0.2) is 30.0 Å². The molecule has 36 heavy (non-hydrogen) atoms. The third kappa shape index (κ3) is 4.95. The standard InChI is InChI=1S/C29H28ClNO5/c1-4-16-36-24-15-8-20(17-18(24)3)27(32)25-26(19-6-9-21(30)10-7-19)31(29(34)28(25)33)22-11-13-23(14-12-22)35-5-2/h6-15,17,26,32H,4-5,16H2,1-3H3/b27-25-. The van der Waals surface area contributed by atoms with Crippen LogP contribution in [0.15, 0.2) is 72.3 Å². The second-order valence-corrected chi connectivity index (χ2v) is 8.91. The average molecular weight is 506 g/mol. The highest BCUT2D eigenvalue weighted by Crippen LogP contribution is 2.43. The van der Waals surface area contributed by atoms with Crippen molar-refractivity contribution in [1.29, 1.82) is 0 Å². The van der Waals surface area contributed by atoms with E-state index in [0.29, 0.717) is 46.5 Å². The van der Waals surface area contributed by atoms with Crippen molar-refractivity contribution < 1.29 is 24.2 Å². The van der Waals surface area contributed by atoms with Crippen LogP contribution >= 0.6 is 11.6 Å². The molecule has 1 N–H and O–H groups in total. The van der Waals surface area contributed by atoms with Crippen LogP contribution < -0.4 is 14.4 Å². The van der Waals surface area contributed by atoms with Crippen LogP contribution in [0.4, 0.5) is 5.69 Å². The molecule has 1 saturated heterocycles. The fraction of sp³-hybridized carbons (Fsp3) is 0.241. The van der Waals surface area contributed by atoms with Crippen molar-refractivity contribution in [3.63, 3.8) is 0 Å². The van der Waals surface area contributed by atoms with Gasteiger partial charge in [0, 0.05) is 16.3 Å². The van der Waals surface area contributed by atoms with Gasteiger partial charge in [0.2, 0.25) is 0 Å². The Labute approximate surface area is 215 Å². The van der Waals surface area contributed by atoms with Crippen molar-refractivity contribution in [2.24, 2.45) is 0 Å². The van der Waals surface area contributed by atoms with E-state index in [2.05, 4.69) is 0 Å². The van der Waals surface area contributed by atoms with E-state index in [1.165, 1.54) is 4.90 Å². The maximum absolute atomic E-state index is 13.3. The first kappa shape index (κ1) is 25.3. The molecule has 0 saturated carbocycles. The van der Waals surface area contributed by atoms with E-state index >= 15 is 0 Å². The van der Waals surface area contributed by atoms with Gasteiger partial charge < -0.3 is 14.6 Å². The number of hydrogen-bond acceptors (Lipinski definition) is 5. The van der Waals surface area contributed by atoms with Crippen LogP contribution in [-0.2, 0) is 9.59 Å². The third-order valence-corrected chi connectivity index (χ3v) is 6.22. The molecule has 1 amide bonds. The smallest absolute Gasteiger partial charge is 0.300 e. The summed E-state index contributed by atoms with van der Waals surface area (Å²) in [7, 11) is 0. The van der Waals surface area contributed by atoms with Gasteiger partial charge in [-0.05, 0) is 86.0 Å². The number of halogens is 1. The van der Waals surface area contributed by atoms with Crippen molar-refractivity contribution in [3.05, 3.63) is 94.0 Å². The van der Waals surface area contributed by atoms with Crippen molar-refractivity contribution >= 4 is 34.7 Å². The summed E-state index contributed by atoms with van der Waals surface area (Å²) in [5.74, 6) is -0.364. The molecule has 0 bridgehead atoms. The molecule has 6 nitrogen and oxygen atoms in total. The van der Waals surface area contributed by atoms with E-state index in [9.17, 15) is 14.7 Å². The number of ketones is 1. The molecule has 1 aliphatic heterocycles. The lowest BCUT2D eigenvalue weighted by Crippen LogP contribution is -2.29. The molecule has 7 heteroatoms. The van der Waals surface area contributed by atoms with Gasteiger partial charge in [-0.25, -0.2) is 0 Å². The first-order valence-corrected chi connectivity index (χ1v) is 12.3. The molecule has 1 atom stereocenters. The second kappa shape index (κ2) is 10.9. The third-order valence-electron chi connectivity index (χ3n) is 5.97. The Morgan fingerprint density at radius 2 is 1.67 bits per heavy atom. The van der Waals surface area contributed by atoms with Crippen LogP contribution in [0.5, 0.6) is 11.5 Å². The highest BCUT2D eigenvalue weighted by Gasteiger charge is 2.47. The predicted molar refractivity (Wildman–Crippen MR) is 141 cm³/mol. The molecule has 186 valence electrons. The Hall–Kier alpha value is -3.77. The number of carbonyl (C=O) groups is 2. The molecule has 1 aliphatic rings. The molecule has 0 aromatic heterocycles. The lowest BCUT2D eigenvalue weighted by atomic mass is 9.94. The first-order valence-electron chi connectivity index (χ1n) is 11.9. The van der Waals surface area contributed by atoms with Gasteiger partial charge in [-0.15, -0.1) is 0 Å². The predicted octanol–water partition coefficient (Wildman–Crippen LogP) is 6.46. The number of amides is 1. The van der Waals surface area contributed by atoms with Gasteiger partial charge in [-0.1, -0.05) is 30.7 Å². The van der Waals surface area contributed by atoms with Crippen molar-refractivity contribution in [3.8, 4) is 11.5 Å². The topological polar surface area (TPSA) is 76.1 Å². The van der Waals surface area contributed by atoms with Crippen LogP contribution in [0.2, 0.25) is 5.02 Å². The minimum atomic E-state index is -0.837. The van der Waals surface area contributed by atoms with E-state index in [1.54, 1.807) is 66.7 Å². The number of ether oxygens (including phenoxy) is 2. The summed E-state index contributed by atoms with van der Waals surface area (Å²) in [6.45, 7) is 6.87. The molecule has 1 heterocycles. The minimum absolute atomic E-state index is 0.0119. The van der Waals surface area contributed by atoms with Crippen molar-refractivity contribution in [2.75, 3.05) is 18.1 Å². The SMILES string of the molecule is CCCOc1ccc(/C(O)=C2/C(=O)C(=O)N(c3ccc(OCC)cc3)C2c2ccc(Cl)cc2)cc1C. The summed E-state index contributed by atoms with van der Waals surface area (Å²) in [5, 5.41) is 11.9. The molecule has 3 aromatic rings. The van der Waals surface area contributed by atoms with E-state index < -0.39 is 17.7 Å². The Morgan fingerprint density at radius 3 is 2.28 bits per heavy atom. The quantitative estimate of drug-likeness (QED) is 0.216. The lowest BCUT2D eigenvalue weighted by Gasteiger charge is -2.25. The summed E-state index contributed by atoms with van der Waals surface area (Å²) in [6.07, 6.45) is 0.872. The fourth-order valence-electron chi connectivity index (χ4n) is 4.26. The van der Waals surface area contributed by atoms with E-state index in [1.807, 2.05) is 20.8 Å². The number of rotatable bonds is 8. The largest absolute Gasteiger partial charge is 0.507 e. The zero-order valence-corrected chi connectivity index (χ0v) is 21.2. The Bertz CT molecular complexity index is 1300. The fourth-order valence-corrected chi connectivity index (χ4v) is 4.38. The zero-order chi connectivity index (χ0) is 25.8. The number of aliphatic hydroxyl groups is 1. The second-order valence-electron chi connectivity index (χ2n) is 8.48. The number of nitrogens with zero attached hydrogens (tertiary/aromatic N) is 1. The van der Waals surface area contributed by atoms with Gasteiger partial charge in [-0.2, -0.15) is 0 Å². The average Bonchev–Trinajstić information content (AvgIpc) is 3.14. The van der Waals surface area contributed by atoms with Gasteiger partial charge in [0.05, 0.1) is 24.8 Å². The van der Waals surface area contributed by atoms with Crippen molar-refractivity contribution in [1.82, 2.24) is 0 Å². The molecule has 0 aliphatic carbocycles. The van der Waals surface area contributed by atoms with Gasteiger partial charge in [0.15, 0.2) is 0 Å². The monoisotopic (exact) mass is 505 g/mol. The summed E-state index contributed by atoms with van der Waals surface area (Å²) < 4.78 is 11.3.